The Labute approximate surface area is 304 Å². The lowest BCUT2D eigenvalue weighted by Crippen LogP contribution is -2.13. The summed E-state index contributed by atoms with van der Waals surface area (Å²) in [5.41, 5.74) is -10.0. The van der Waals surface area contributed by atoms with Crippen molar-refractivity contribution in [1.29, 1.82) is 0 Å². The third-order valence-electron chi connectivity index (χ3n) is 7.77. The third-order valence-corrected chi connectivity index (χ3v) is 16.7. The second-order valence-corrected chi connectivity index (χ2v) is 19.2. The van der Waals surface area contributed by atoms with Gasteiger partial charge in [-0.05, 0) is 31.8 Å². The summed E-state index contributed by atoms with van der Waals surface area (Å²) in [5.74, 6) is 0. The van der Waals surface area contributed by atoms with Crippen molar-refractivity contribution in [3.8, 4) is 0 Å². The molecule has 0 unspecified atom stereocenters. The van der Waals surface area contributed by atoms with Crippen molar-refractivity contribution in [2.24, 2.45) is 0 Å². The molecule has 0 atom stereocenters. The maximum Gasteiger partial charge on any atom is 0.172 e. The molecule has 0 amide bonds. The maximum absolute atomic E-state index is 17.1. The number of benzene rings is 6. The van der Waals surface area contributed by atoms with Crippen molar-refractivity contribution >= 4 is 63.5 Å². The molecule has 0 saturated heterocycles. The smallest absolute Gasteiger partial charge is 0.172 e. The van der Waals surface area contributed by atoms with Gasteiger partial charge in [0.15, 0.2) is 33.4 Å². The molecule has 6 aromatic carbocycles. The van der Waals surface area contributed by atoms with Crippen LogP contribution >= 0.6 is 31.7 Å². The van der Waals surface area contributed by atoms with Crippen LogP contribution in [-0.4, -0.2) is 0 Å². The summed E-state index contributed by atoms with van der Waals surface area (Å²) >= 11 is 0. The van der Waals surface area contributed by atoms with Crippen LogP contribution in [0.25, 0.3) is 0 Å². The molecule has 10 heteroatoms. The van der Waals surface area contributed by atoms with Gasteiger partial charge in [-0.1, -0.05) is 182 Å². The monoisotopic (exact) mass is 772 g/mol. The lowest BCUT2D eigenvalue weighted by molar-refractivity contribution is 0.578. The first-order valence-electron chi connectivity index (χ1n) is 16.0. The highest BCUT2D eigenvalue weighted by Crippen LogP contribution is 2.70. The first-order valence-corrected chi connectivity index (χ1v) is 21.4. The molecular formula is C42H30F6P4. The predicted octanol–water partition coefficient (Wildman–Crippen LogP) is 12.1. The predicted molar refractivity (Wildman–Crippen MR) is 212 cm³/mol. The van der Waals surface area contributed by atoms with E-state index in [1.165, 1.54) is 0 Å². The molecule has 0 spiro atoms. The van der Waals surface area contributed by atoms with E-state index in [0.29, 0.717) is 31.8 Å². The highest BCUT2D eigenvalue weighted by Gasteiger charge is 2.40. The van der Waals surface area contributed by atoms with Gasteiger partial charge in [0.2, 0.25) is 0 Å². The quantitative estimate of drug-likeness (QED) is 0.0858. The fourth-order valence-corrected chi connectivity index (χ4v) is 13.9. The van der Waals surface area contributed by atoms with Crippen molar-refractivity contribution in [2.75, 3.05) is 0 Å². The van der Waals surface area contributed by atoms with Crippen molar-refractivity contribution in [2.45, 2.75) is 0 Å². The molecule has 0 aliphatic heterocycles. The minimum Gasteiger partial charge on any atom is -0.203 e. The van der Waals surface area contributed by atoms with Gasteiger partial charge in [0.25, 0.3) is 0 Å². The molecular weight excluding hydrogens is 742 g/mol. The van der Waals surface area contributed by atoms with Crippen LogP contribution in [0.1, 0.15) is 0 Å². The van der Waals surface area contributed by atoms with Crippen LogP contribution in [0.5, 0.6) is 0 Å². The molecule has 0 radical (unpaired) electrons. The van der Waals surface area contributed by atoms with Crippen molar-refractivity contribution < 1.29 is 26.3 Å². The van der Waals surface area contributed by atoms with Gasteiger partial charge in [-0.3, -0.25) is 0 Å². The van der Waals surface area contributed by atoms with Crippen molar-refractivity contribution in [3.05, 3.63) is 215 Å². The summed E-state index contributed by atoms with van der Waals surface area (Å²) in [6.45, 7) is 0. The summed E-state index contributed by atoms with van der Waals surface area (Å²) in [7, 11) is -10.9. The van der Waals surface area contributed by atoms with E-state index in [1.807, 2.05) is 0 Å². The van der Waals surface area contributed by atoms with E-state index >= 15 is 26.3 Å². The van der Waals surface area contributed by atoms with E-state index in [9.17, 15) is 0 Å². The van der Waals surface area contributed by atoms with Gasteiger partial charge in [-0.15, -0.1) is 0 Å². The molecule has 52 heavy (non-hydrogen) atoms. The Morgan fingerprint density at radius 2 is 0.385 bits per heavy atom. The summed E-state index contributed by atoms with van der Waals surface area (Å²) in [6.07, 6.45) is 0. The number of hydrogen-bond donors (Lipinski definition) is 0. The fraction of sp³-hybridized carbons (Fsp3) is 0. The molecule has 0 bridgehead atoms. The lowest BCUT2D eigenvalue weighted by atomic mass is 10.4. The Balaban J connectivity index is 1.62. The Morgan fingerprint density at radius 1 is 0.231 bits per heavy atom. The Morgan fingerprint density at radius 3 is 0.538 bits per heavy atom. The first-order chi connectivity index (χ1) is 25.4. The zero-order valence-electron chi connectivity index (χ0n) is 27.4. The molecule has 0 N–H and O–H groups in total. The second kappa shape index (κ2) is 18.1. The van der Waals surface area contributed by atoms with Crippen LogP contribution in [0.15, 0.2) is 215 Å². The van der Waals surface area contributed by atoms with E-state index < -0.39 is 65.1 Å². The first kappa shape index (κ1) is 37.6. The molecule has 0 aliphatic carbocycles. The minimum atomic E-state index is -3.94. The van der Waals surface area contributed by atoms with Gasteiger partial charge in [0, 0.05) is 23.8 Å². The molecule has 0 heterocycles. The molecule has 6 rings (SSSR count). The van der Waals surface area contributed by atoms with Crippen LogP contribution in [-0.2, 0) is 0 Å². The van der Waals surface area contributed by atoms with Crippen molar-refractivity contribution in [1.82, 2.24) is 0 Å². The van der Waals surface area contributed by atoms with Crippen LogP contribution in [0.4, 0.5) is 26.3 Å². The van der Waals surface area contributed by atoms with Crippen LogP contribution in [0, 0.1) is 0 Å². The zero-order valence-corrected chi connectivity index (χ0v) is 31.0. The third kappa shape index (κ3) is 8.55. The van der Waals surface area contributed by atoms with E-state index in [0.717, 1.165) is 0 Å². The molecule has 0 nitrogen and oxygen atoms in total. The fourth-order valence-electron chi connectivity index (χ4n) is 5.40. The van der Waals surface area contributed by atoms with E-state index in [1.54, 1.807) is 182 Å². The van der Waals surface area contributed by atoms with E-state index in [4.69, 9.17) is 0 Å². The topological polar surface area (TPSA) is 0 Å². The Kier molecular flexibility index (Phi) is 13.1. The highest BCUT2D eigenvalue weighted by molar-refractivity contribution is 7.81. The van der Waals surface area contributed by atoms with Crippen LogP contribution in [0.3, 0.4) is 0 Å². The molecule has 6 aromatic rings. The molecule has 0 saturated carbocycles. The normalized spacial score (nSPS) is 13.3. The van der Waals surface area contributed by atoms with Gasteiger partial charge in [-0.25, -0.2) is 26.3 Å². The van der Waals surface area contributed by atoms with Crippen molar-refractivity contribution in [3.63, 3.8) is 0 Å². The van der Waals surface area contributed by atoms with Crippen LogP contribution in [0.2, 0.25) is 0 Å². The van der Waals surface area contributed by atoms with Gasteiger partial charge in [0.05, 0.1) is 7.92 Å². The largest absolute Gasteiger partial charge is 0.203 e. The molecule has 0 aliphatic rings. The SMILES string of the molecule is F/C(=C(/F)P(c1ccccc1)c1ccccc1)P(/C(F)=C(\F)P(c1ccccc1)c1ccccc1)/C(F)=C(\F)P(c1ccccc1)c1ccccc1. The van der Waals surface area contributed by atoms with E-state index in [2.05, 4.69) is 0 Å². The highest BCUT2D eigenvalue weighted by atomic mass is 31.1. The molecule has 0 aromatic heterocycles. The Bertz CT molecular complexity index is 1780. The number of rotatable bonds is 12. The standard InChI is InChI=1S/C42H30F6P4/c43-37(49(31-19-7-1-8-20-31)32-21-9-2-10-22-32)40(46)52(41(47)38(44)50(33-23-11-3-12-24-33)34-25-13-4-14-26-34)42(48)39(45)51(35-27-15-5-16-28-35)36-29-17-6-18-30-36/h1-30H/b40-37+,41-38+,42-39+. The average Bonchev–Trinajstić information content (AvgIpc) is 3.20. The molecule has 260 valence electrons. The summed E-state index contributed by atoms with van der Waals surface area (Å²) in [4.78, 5) is 0. The zero-order chi connectivity index (χ0) is 36.5. The van der Waals surface area contributed by atoms with Gasteiger partial charge >= 0.3 is 0 Å². The van der Waals surface area contributed by atoms with Gasteiger partial charge in [-0.2, -0.15) is 0 Å². The summed E-state index contributed by atoms with van der Waals surface area (Å²) < 4.78 is 102. The van der Waals surface area contributed by atoms with E-state index in [-0.39, 0.29) is 0 Å². The number of halogens is 6. The summed E-state index contributed by atoms with van der Waals surface area (Å²) in [5, 5.41) is 2.13. The van der Waals surface area contributed by atoms with Gasteiger partial charge < -0.3 is 0 Å². The average molecular weight is 773 g/mol. The summed E-state index contributed by atoms with van der Waals surface area (Å²) in [6, 6.07) is 48.9. The second-order valence-electron chi connectivity index (χ2n) is 11.1. The van der Waals surface area contributed by atoms with Crippen LogP contribution < -0.4 is 31.8 Å². The lowest BCUT2D eigenvalue weighted by Gasteiger charge is -2.24. The molecule has 0 fully saturated rings. The number of hydrogen-bond acceptors (Lipinski definition) is 0. The maximum atomic E-state index is 17.1. The van der Waals surface area contributed by atoms with Gasteiger partial charge in [0.1, 0.15) is 0 Å². The minimum absolute atomic E-state index is 0.354. The Hall–Kier alpha value is -4.16.